The number of H-pyrrole nitrogens is 2. The molecule has 1 aliphatic heterocycles. The highest BCUT2D eigenvalue weighted by Gasteiger charge is 2.23. The number of ether oxygens (including phenoxy) is 1. The van der Waals surface area contributed by atoms with Crippen molar-refractivity contribution in [2.75, 3.05) is 13.2 Å². The molecule has 170 valence electrons. The molecule has 3 aromatic carbocycles. The van der Waals surface area contributed by atoms with Gasteiger partial charge in [0.25, 0.3) is 5.91 Å². The van der Waals surface area contributed by atoms with Gasteiger partial charge in [0.1, 0.15) is 23.9 Å². The molecule has 2 N–H and O–H groups in total. The molecule has 0 aliphatic carbocycles. The van der Waals surface area contributed by atoms with E-state index >= 15 is 0 Å². The van der Waals surface area contributed by atoms with Gasteiger partial charge in [-0.25, -0.2) is 4.98 Å². The molecular formula is C26H20Cl2N4O2. The Hall–Kier alpha value is -3.48. The number of amides is 1. The van der Waals surface area contributed by atoms with Gasteiger partial charge in [0, 0.05) is 28.0 Å². The van der Waals surface area contributed by atoms with Crippen molar-refractivity contribution in [3.05, 3.63) is 81.7 Å². The quantitative estimate of drug-likeness (QED) is 0.302. The third kappa shape index (κ3) is 3.69. The normalized spacial score (nSPS) is 13.7. The SMILES string of the molecule is Cc1nc2ccc(-c3ccc4c(c3)CN(C(=O)c3cc5c(Cl)cc(Cl)cc5[nH]3)CCO4)cc2[nH]1. The molecule has 0 radical (unpaired) electrons. The number of nitrogens with one attached hydrogen (secondary N) is 2. The van der Waals surface area contributed by atoms with Crippen molar-refractivity contribution in [2.45, 2.75) is 13.5 Å². The average Bonchev–Trinajstić information content (AvgIpc) is 3.33. The van der Waals surface area contributed by atoms with Gasteiger partial charge in [-0.3, -0.25) is 4.79 Å². The van der Waals surface area contributed by atoms with Crippen LogP contribution in [0, 0.1) is 6.92 Å². The summed E-state index contributed by atoms with van der Waals surface area (Å²) in [4.78, 5) is 26.1. The van der Waals surface area contributed by atoms with Gasteiger partial charge >= 0.3 is 0 Å². The van der Waals surface area contributed by atoms with Crippen molar-refractivity contribution in [2.24, 2.45) is 0 Å². The molecule has 6 rings (SSSR count). The minimum absolute atomic E-state index is 0.111. The Bertz CT molecular complexity index is 1590. The standard InChI is InChI=1S/C26H20Cl2N4O2/c1-14-29-21-4-2-16(9-23(21)30-14)15-3-5-25-17(8-15)13-32(6-7-34-25)26(33)24-12-19-20(28)10-18(27)11-22(19)31-24/h2-5,8-12,31H,6-7,13H2,1H3,(H,29,30). The number of aromatic nitrogens is 3. The van der Waals surface area contributed by atoms with Gasteiger partial charge in [-0.1, -0.05) is 35.3 Å². The highest BCUT2D eigenvalue weighted by molar-refractivity contribution is 6.38. The summed E-state index contributed by atoms with van der Waals surface area (Å²) in [6.45, 7) is 3.29. The lowest BCUT2D eigenvalue weighted by Crippen LogP contribution is -2.32. The molecule has 8 heteroatoms. The topological polar surface area (TPSA) is 74.0 Å². The van der Waals surface area contributed by atoms with E-state index in [0.717, 1.165) is 50.2 Å². The number of nitrogens with zero attached hydrogens (tertiary/aromatic N) is 2. The van der Waals surface area contributed by atoms with Gasteiger partial charge in [0.15, 0.2) is 0 Å². The first kappa shape index (κ1) is 21.1. The van der Waals surface area contributed by atoms with Crippen LogP contribution in [-0.4, -0.2) is 38.9 Å². The number of carbonyl (C=O) groups excluding carboxylic acids is 1. The molecule has 0 unspecified atom stereocenters. The Kier molecular flexibility index (Phi) is 5.01. The monoisotopic (exact) mass is 490 g/mol. The van der Waals surface area contributed by atoms with Crippen LogP contribution in [0.5, 0.6) is 5.75 Å². The third-order valence-corrected chi connectivity index (χ3v) is 6.67. The Morgan fingerprint density at radius 1 is 1.00 bits per heavy atom. The number of carbonyl (C=O) groups is 1. The summed E-state index contributed by atoms with van der Waals surface area (Å²) in [5.41, 5.74) is 6.23. The van der Waals surface area contributed by atoms with Crippen LogP contribution in [0.4, 0.5) is 0 Å². The van der Waals surface area contributed by atoms with E-state index in [1.54, 1.807) is 23.1 Å². The number of hydrogen-bond donors (Lipinski definition) is 2. The Labute approximate surface area is 205 Å². The summed E-state index contributed by atoms with van der Waals surface area (Å²) >= 11 is 12.4. The zero-order valence-corrected chi connectivity index (χ0v) is 19.8. The maximum absolute atomic E-state index is 13.4. The summed E-state index contributed by atoms with van der Waals surface area (Å²) in [5.74, 6) is 1.57. The zero-order chi connectivity index (χ0) is 23.4. The Balaban J connectivity index is 1.32. The second kappa shape index (κ2) is 8.08. The van der Waals surface area contributed by atoms with E-state index in [9.17, 15) is 4.79 Å². The molecule has 5 aromatic rings. The summed E-state index contributed by atoms with van der Waals surface area (Å²) in [6.07, 6.45) is 0. The molecule has 0 spiro atoms. The first-order valence-electron chi connectivity index (χ1n) is 10.9. The summed E-state index contributed by atoms with van der Waals surface area (Å²) in [7, 11) is 0. The van der Waals surface area contributed by atoms with Gasteiger partial charge in [-0.05, 0) is 60.5 Å². The van der Waals surface area contributed by atoms with Gasteiger partial charge in [-0.15, -0.1) is 0 Å². The smallest absolute Gasteiger partial charge is 0.270 e. The van der Waals surface area contributed by atoms with Crippen LogP contribution in [-0.2, 0) is 6.54 Å². The maximum atomic E-state index is 13.4. The van der Waals surface area contributed by atoms with Crippen LogP contribution in [0.25, 0.3) is 33.1 Å². The van der Waals surface area contributed by atoms with E-state index in [0.29, 0.717) is 35.4 Å². The van der Waals surface area contributed by atoms with Crippen LogP contribution < -0.4 is 4.74 Å². The van der Waals surface area contributed by atoms with Crippen LogP contribution in [0.15, 0.2) is 54.6 Å². The van der Waals surface area contributed by atoms with Gasteiger partial charge in [0.2, 0.25) is 0 Å². The third-order valence-electron chi connectivity index (χ3n) is 6.14. The molecule has 0 bridgehead atoms. The summed E-state index contributed by atoms with van der Waals surface area (Å²) in [5, 5.41) is 1.80. The predicted octanol–water partition coefficient (Wildman–Crippen LogP) is 6.36. The zero-order valence-electron chi connectivity index (χ0n) is 18.3. The van der Waals surface area contributed by atoms with Crippen LogP contribution in [0.2, 0.25) is 10.0 Å². The van der Waals surface area contributed by atoms with Crippen LogP contribution in [0.1, 0.15) is 21.9 Å². The summed E-state index contributed by atoms with van der Waals surface area (Å²) < 4.78 is 5.96. The van der Waals surface area contributed by atoms with Crippen molar-refractivity contribution in [1.82, 2.24) is 19.9 Å². The fourth-order valence-electron chi connectivity index (χ4n) is 4.51. The number of aryl methyl sites for hydroxylation is 1. The maximum Gasteiger partial charge on any atom is 0.270 e. The van der Waals surface area contributed by atoms with E-state index < -0.39 is 0 Å². The van der Waals surface area contributed by atoms with E-state index in [2.05, 4.69) is 33.2 Å². The fraction of sp³-hybridized carbons (Fsp3) is 0.154. The number of benzene rings is 3. The van der Waals surface area contributed by atoms with Crippen LogP contribution >= 0.6 is 23.2 Å². The predicted molar refractivity (Wildman–Crippen MR) is 135 cm³/mol. The van der Waals surface area contributed by atoms with Gasteiger partial charge in [0.05, 0.1) is 22.6 Å². The molecule has 34 heavy (non-hydrogen) atoms. The lowest BCUT2D eigenvalue weighted by molar-refractivity contribution is 0.0728. The second-order valence-corrected chi connectivity index (χ2v) is 9.33. The highest BCUT2D eigenvalue weighted by atomic mass is 35.5. The first-order chi connectivity index (χ1) is 16.4. The molecular weight excluding hydrogens is 471 g/mol. The Morgan fingerprint density at radius 3 is 2.71 bits per heavy atom. The minimum atomic E-state index is -0.111. The van der Waals surface area contributed by atoms with E-state index in [1.165, 1.54) is 0 Å². The lowest BCUT2D eigenvalue weighted by atomic mass is 10.0. The molecule has 6 nitrogen and oxygen atoms in total. The van der Waals surface area contributed by atoms with E-state index in [4.69, 9.17) is 27.9 Å². The number of hydrogen-bond acceptors (Lipinski definition) is 3. The number of imidazole rings is 1. The van der Waals surface area contributed by atoms with E-state index in [-0.39, 0.29) is 5.91 Å². The molecule has 1 amide bonds. The van der Waals surface area contributed by atoms with Crippen molar-refractivity contribution >= 4 is 51.0 Å². The number of rotatable bonds is 2. The molecule has 0 saturated carbocycles. The summed E-state index contributed by atoms with van der Waals surface area (Å²) in [6, 6.07) is 17.5. The fourth-order valence-corrected chi connectivity index (χ4v) is 5.06. The molecule has 0 atom stereocenters. The van der Waals surface area contributed by atoms with Crippen LogP contribution in [0.3, 0.4) is 0 Å². The molecule has 1 aliphatic rings. The lowest BCUT2D eigenvalue weighted by Gasteiger charge is -2.19. The average molecular weight is 491 g/mol. The molecule has 0 saturated heterocycles. The van der Waals surface area contributed by atoms with Gasteiger partial charge in [-0.2, -0.15) is 0 Å². The number of halogens is 2. The Morgan fingerprint density at radius 2 is 1.82 bits per heavy atom. The first-order valence-corrected chi connectivity index (χ1v) is 11.7. The number of fused-ring (bicyclic) bond motifs is 3. The van der Waals surface area contributed by atoms with E-state index in [1.807, 2.05) is 25.1 Å². The second-order valence-electron chi connectivity index (χ2n) is 8.48. The number of aromatic amines is 2. The van der Waals surface area contributed by atoms with Crippen molar-refractivity contribution in [3.8, 4) is 16.9 Å². The van der Waals surface area contributed by atoms with Crippen molar-refractivity contribution in [3.63, 3.8) is 0 Å². The molecule has 2 aromatic heterocycles. The molecule has 3 heterocycles. The minimum Gasteiger partial charge on any atom is -0.491 e. The van der Waals surface area contributed by atoms with Gasteiger partial charge < -0.3 is 19.6 Å². The van der Waals surface area contributed by atoms with Crippen molar-refractivity contribution in [1.29, 1.82) is 0 Å². The largest absolute Gasteiger partial charge is 0.491 e. The highest BCUT2D eigenvalue weighted by Crippen LogP contribution is 2.32. The molecule has 0 fully saturated rings. The van der Waals surface area contributed by atoms with Crippen molar-refractivity contribution < 1.29 is 9.53 Å².